The first-order valence-electron chi connectivity index (χ1n) is 8.97. The maximum atomic E-state index is 12.6. The molecular formula is C22H21NO4S. The van der Waals surface area contributed by atoms with Gasteiger partial charge >= 0.3 is 5.97 Å². The van der Waals surface area contributed by atoms with Crippen molar-refractivity contribution in [2.24, 2.45) is 0 Å². The van der Waals surface area contributed by atoms with E-state index in [2.05, 4.69) is 5.32 Å². The van der Waals surface area contributed by atoms with E-state index in [1.165, 1.54) is 11.3 Å². The van der Waals surface area contributed by atoms with Gasteiger partial charge in [-0.25, -0.2) is 4.79 Å². The number of benzene rings is 2. The van der Waals surface area contributed by atoms with Crippen molar-refractivity contribution in [3.8, 4) is 16.2 Å². The molecule has 6 heteroatoms. The third kappa shape index (κ3) is 4.78. The lowest BCUT2D eigenvalue weighted by atomic mass is 10.1. The molecule has 0 aliphatic carbocycles. The molecule has 1 atom stereocenters. The Morgan fingerprint density at radius 1 is 1.04 bits per heavy atom. The zero-order valence-electron chi connectivity index (χ0n) is 15.7. The fourth-order valence-electron chi connectivity index (χ4n) is 2.56. The summed E-state index contributed by atoms with van der Waals surface area (Å²) in [6.45, 7) is 3.67. The summed E-state index contributed by atoms with van der Waals surface area (Å²) < 4.78 is 10.8. The van der Waals surface area contributed by atoms with Gasteiger partial charge in [-0.15, -0.1) is 11.3 Å². The largest absolute Gasteiger partial charge is 0.481 e. The van der Waals surface area contributed by atoms with Crippen LogP contribution in [0.25, 0.3) is 10.4 Å². The van der Waals surface area contributed by atoms with Crippen molar-refractivity contribution in [2.45, 2.75) is 20.0 Å². The Kier molecular flexibility index (Phi) is 6.45. The minimum absolute atomic E-state index is 0.260. The Morgan fingerprint density at radius 2 is 1.68 bits per heavy atom. The highest BCUT2D eigenvalue weighted by Gasteiger charge is 2.22. The van der Waals surface area contributed by atoms with E-state index in [0.29, 0.717) is 16.3 Å². The number of hydrogen-bond donors (Lipinski definition) is 1. The molecule has 1 amide bonds. The molecule has 144 valence electrons. The molecule has 1 aromatic heterocycles. The predicted molar refractivity (Wildman–Crippen MR) is 111 cm³/mol. The Morgan fingerprint density at radius 3 is 2.32 bits per heavy atom. The van der Waals surface area contributed by atoms with Crippen molar-refractivity contribution in [3.05, 3.63) is 72.3 Å². The second-order valence-corrected chi connectivity index (χ2v) is 7.05. The van der Waals surface area contributed by atoms with Crippen molar-refractivity contribution in [2.75, 3.05) is 11.9 Å². The number of hydrogen-bond acceptors (Lipinski definition) is 5. The lowest BCUT2D eigenvalue weighted by Gasteiger charge is -2.14. The van der Waals surface area contributed by atoms with Gasteiger partial charge in [0.2, 0.25) is 0 Å². The molecule has 0 aliphatic rings. The van der Waals surface area contributed by atoms with Gasteiger partial charge < -0.3 is 14.8 Å². The van der Waals surface area contributed by atoms with E-state index >= 15 is 0 Å². The summed E-state index contributed by atoms with van der Waals surface area (Å²) in [4.78, 5) is 25.8. The minimum Gasteiger partial charge on any atom is -0.481 e. The smallest absolute Gasteiger partial charge is 0.341 e. The summed E-state index contributed by atoms with van der Waals surface area (Å²) in [5.41, 5.74) is 1.30. The average molecular weight is 395 g/mol. The molecule has 0 saturated carbocycles. The third-order valence-corrected chi connectivity index (χ3v) is 5.05. The molecule has 3 aromatic rings. The maximum absolute atomic E-state index is 12.6. The van der Waals surface area contributed by atoms with E-state index in [-0.39, 0.29) is 12.5 Å². The summed E-state index contributed by atoms with van der Waals surface area (Å²) in [5, 5.41) is 3.26. The molecule has 2 aromatic carbocycles. The Balaban J connectivity index is 1.82. The highest BCUT2D eigenvalue weighted by molar-refractivity contribution is 7.20. The minimum atomic E-state index is -0.722. The summed E-state index contributed by atoms with van der Waals surface area (Å²) in [6.07, 6.45) is -0.722. The number of nitrogens with one attached hydrogen (secondary N) is 1. The second-order valence-electron chi connectivity index (χ2n) is 6.00. The zero-order chi connectivity index (χ0) is 19.9. The number of ether oxygens (including phenoxy) is 2. The average Bonchev–Trinajstić information content (AvgIpc) is 3.13. The number of carbonyl (C=O) groups is 2. The van der Waals surface area contributed by atoms with Crippen molar-refractivity contribution < 1.29 is 19.1 Å². The van der Waals surface area contributed by atoms with Crippen LogP contribution in [0.2, 0.25) is 0 Å². The molecule has 0 radical (unpaired) electrons. The van der Waals surface area contributed by atoms with Crippen LogP contribution in [-0.2, 0) is 9.53 Å². The Bertz CT molecular complexity index is 938. The summed E-state index contributed by atoms with van der Waals surface area (Å²) in [7, 11) is 0. The van der Waals surface area contributed by atoms with Crippen LogP contribution in [0.3, 0.4) is 0 Å². The van der Waals surface area contributed by atoms with E-state index in [0.717, 1.165) is 10.4 Å². The molecule has 0 saturated heterocycles. The molecule has 0 aliphatic heterocycles. The molecule has 5 nitrogen and oxygen atoms in total. The molecule has 1 N–H and O–H groups in total. The first-order chi connectivity index (χ1) is 13.6. The van der Waals surface area contributed by atoms with E-state index in [1.807, 2.05) is 48.5 Å². The Hall–Kier alpha value is -3.12. The van der Waals surface area contributed by atoms with Crippen molar-refractivity contribution >= 4 is 28.2 Å². The van der Waals surface area contributed by atoms with Crippen LogP contribution in [0.1, 0.15) is 24.2 Å². The van der Waals surface area contributed by atoms with E-state index in [9.17, 15) is 9.59 Å². The van der Waals surface area contributed by atoms with E-state index in [4.69, 9.17) is 9.47 Å². The van der Waals surface area contributed by atoms with Crippen molar-refractivity contribution in [3.63, 3.8) is 0 Å². The van der Waals surface area contributed by atoms with Gasteiger partial charge in [0.1, 0.15) is 10.8 Å². The lowest BCUT2D eigenvalue weighted by Crippen LogP contribution is -2.30. The van der Waals surface area contributed by atoms with Crippen LogP contribution >= 0.6 is 11.3 Å². The van der Waals surface area contributed by atoms with Gasteiger partial charge in [-0.2, -0.15) is 0 Å². The second kappa shape index (κ2) is 9.19. The van der Waals surface area contributed by atoms with Gasteiger partial charge in [0.05, 0.1) is 12.2 Å². The van der Waals surface area contributed by atoms with Crippen molar-refractivity contribution in [1.29, 1.82) is 0 Å². The molecule has 0 spiro atoms. The van der Waals surface area contributed by atoms with Crippen LogP contribution in [0, 0.1) is 0 Å². The quantitative estimate of drug-likeness (QED) is 0.572. The molecule has 3 rings (SSSR count). The normalized spacial score (nSPS) is 11.5. The standard InChI is InChI=1S/C22H21NO4S/c1-3-26-22(25)18-14-19(16-10-6-4-7-11-16)28-21(18)23-20(24)15(2)27-17-12-8-5-9-13-17/h4-15H,3H2,1-2H3,(H,23,24). The molecule has 0 bridgehead atoms. The number of anilines is 1. The number of carbonyl (C=O) groups excluding carboxylic acids is 2. The van der Waals surface area contributed by atoms with Crippen LogP contribution in [-0.4, -0.2) is 24.6 Å². The molecule has 28 heavy (non-hydrogen) atoms. The van der Waals surface area contributed by atoms with Crippen LogP contribution in [0.5, 0.6) is 5.75 Å². The predicted octanol–water partition coefficient (Wildman–Crippen LogP) is 5.00. The number of esters is 1. The SMILES string of the molecule is CCOC(=O)c1cc(-c2ccccc2)sc1NC(=O)C(C)Oc1ccccc1. The summed E-state index contributed by atoms with van der Waals surface area (Å²) in [5.74, 6) is -0.198. The number of amides is 1. The van der Waals surface area contributed by atoms with Gasteiger partial charge in [-0.05, 0) is 37.6 Å². The summed E-state index contributed by atoms with van der Waals surface area (Å²) >= 11 is 1.33. The van der Waals surface area contributed by atoms with E-state index in [1.54, 1.807) is 32.0 Å². The van der Waals surface area contributed by atoms with Gasteiger partial charge in [0, 0.05) is 4.88 Å². The number of para-hydroxylation sites is 1. The highest BCUT2D eigenvalue weighted by Crippen LogP contribution is 2.36. The van der Waals surface area contributed by atoms with Crippen LogP contribution in [0.15, 0.2) is 66.7 Å². The molecule has 1 unspecified atom stereocenters. The molecule has 0 fully saturated rings. The van der Waals surface area contributed by atoms with E-state index < -0.39 is 12.1 Å². The number of thiophene rings is 1. The third-order valence-electron chi connectivity index (χ3n) is 3.95. The van der Waals surface area contributed by atoms with Gasteiger partial charge in [-0.1, -0.05) is 48.5 Å². The highest BCUT2D eigenvalue weighted by atomic mass is 32.1. The van der Waals surface area contributed by atoms with Crippen LogP contribution in [0.4, 0.5) is 5.00 Å². The van der Waals surface area contributed by atoms with Gasteiger partial charge in [0.15, 0.2) is 6.10 Å². The topological polar surface area (TPSA) is 64.6 Å². The zero-order valence-corrected chi connectivity index (χ0v) is 16.5. The first-order valence-corrected chi connectivity index (χ1v) is 9.79. The first kappa shape index (κ1) is 19.6. The van der Waals surface area contributed by atoms with Crippen LogP contribution < -0.4 is 10.1 Å². The monoisotopic (exact) mass is 395 g/mol. The summed E-state index contributed by atoms with van der Waals surface area (Å²) in [6, 6.07) is 20.5. The fraction of sp³-hybridized carbons (Fsp3) is 0.182. The lowest BCUT2D eigenvalue weighted by molar-refractivity contribution is -0.122. The van der Waals surface area contributed by atoms with Crippen molar-refractivity contribution in [1.82, 2.24) is 0 Å². The molecule has 1 heterocycles. The molecular weight excluding hydrogens is 374 g/mol. The maximum Gasteiger partial charge on any atom is 0.341 e. The number of rotatable bonds is 7. The Labute approximate surface area is 167 Å². The fourth-order valence-corrected chi connectivity index (χ4v) is 3.61. The van der Waals surface area contributed by atoms with Gasteiger partial charge in [0.25, 0.3) is 5.91 Å². The van der Waals surface area contributed by atoms with Gasteiger partial charge in [-0.3, -0.25) is 4.79 Å².